The van der Waals surface area contributed by atoms with E-state index in [1.54, 1.807) is 12.3 Å². The van der Waals surface area contributed by atoms with Crippen LogP contribution >= 0.6 is 0 Å². The quantitative estimate of drug-likeness (QED) is 0.839. The van der Waals surface area contributed by atoms with Crippen LogP contribution in [-0.2, 0) is 15.4 Å². The molecule has 0 saturated carbocycles. The number of hydrogen-bond donors (Lipinski definition) is 1. The van der Waals surface area contributed by atoms with E-state index in [4.69, 9.17) is 0 Å². The van der Waals surface area contributed by atoms with Gasteiger partial charge in [-0.05, 0) is 17.0 Å². The number of hydrogen-bond acceptors (Lipinski definition) is 3. The minimum Gasteiger partial charge on any atom is -0.268 e. The van der Waals surface area contributed by atoms with Crippen LogP contribution in [0.2, 0.25) is 0 Å². The predicted molar refractivity (Wildman–Crippen MR) is 61.4 cm³/mol. The Labute approximate surface area is 90.8 Å². The van der Waals surface area contributed by atoms with Crippen LogP contribution in [0.5, 0.6) is 0 Å². The third-order valence-electron chi connectivity index (χ3n) is 1.92. The Kier molecular flexibility index (Phi) is 3.04. The van der Waals surface area contributed by atoms with Crippen molar-refractivity contribution in [2.75, 3.05) is 11.0 Å². The third-order valence-corrected chi connectivity index (χ3v) is 2.50. The molecule has 15 heavy (non-hydrogen) atoms. The van der Waals surface area contributed by atoms with E-state index in [0.717, 1.165) is 11.8 Å². The van der Waals surface area contributed by atoms with E-state index in [2.05, 4.69) is 30.5 Å². The largest absolute Gasteiger partial charge is 0.268 e. The molecule has 0 atom stereocenters. The van der Waals surface area contributed by atoms with E-state index in [1.807, 2.05) is 6.07 Å². The van der Waals surface area contributed by atoms with E-state index in [1.165, 1.54) is 0 Å². The summed E-state index contributed by atoms with van der Waals surface area (Å²) in [6.45, 7) is 6.23. The molecule has 0 fully saturated rings. The van der Waals surface area contributed by atoms with Crippen LogP contribution in [0, 0.1) is 0 Å². The number of anilines is 1. The summed E-state index contributed by atoms with van der Waals surface area (Å²) in [5, 5.41) is 0. The molecule has 0 aliphatic carbocycles. The SMILES string of the molecule is CC(C)(C)c1ccc(NS(C)(=O)=O)nc1. The fourth-order valence-corrected chi connectivity index (χ4v) is 1.59. The fraction of sp³-hybridized carbons (Fsp3) is 0.500. The molecular weight excluding hydrogens is 212 g/mol. The molecule has 0 radical (unpaired) electrons. The lowest BCUT2D eigenvalue weighted by Gasteiger charge is -2.18. The van der Waals surface area contributed by atoms with Crippen LogP contribution in [0.1, 0.15) is 26.3 Å². The maximum atomic E-state index is 10.9. The zero-order valence-corrected chi connectivity index (χ0v) is 10.2. The van der Waals surface area contributed by atoms with Gasteiger partial charge in [0.1, 0.15) is 5.82 Å². The molecule has 0 saturated heterocycles. The van der Waals surface area contributed by atoms with Crippen molar-refractivity contribution in [3.8, 4) is 0 Å². The molecule has 0 aliphatic heterocycles. The van der Waals surface area contributed by atoms with Crippen molar-refractivity contribution in [2.24, 2.45) is 0 Å². The maximum Gasteiger partial charge on any atom is 0.230 e. The summed E-state index contributed by atoms with van der Waals surface area (Å²) in [6, 6.07) is 3.54. The lowest BCUT2D eigenvalue weighted by molar-refractivity contribution is 0.587. The Morgan fingerprint density at radius 2 is 1.87 bits per heavy atom. The second kappa shape index (κ2) is 3.81. The first-order valence-corrected chi connectivity index (χ1v) is 6.52. The van der Waals surface area contributed by atoms with Gasteiger partial charge in [0.05, 0.1) is 6.26 Å². The van der Waals surface area contributed by atoms with E-state index in [-0.39, 0.29) is 5.41 Å². The Hall–Kier alpha value is -1.10. The lowest BCUT2D eigenvalue weighted by Crippen LogP contribution is -2.14. The van der Waals surface area contributed by atoms with Gasteiger partial charge in [-0.2, -0.15) is 0 Å². The van der Waals surface area contributed by atoms with Gasteiger partial charge in [-0.1, -0.05) is 26.8 Å². The van der Waals surface area contributed by atoms with Gasteiger partial charge in [-0.15, -0.1) is 0 Å². The van der Waals surface area contributed by atoms with Crippen molar-refractivity contribution in [3.63, 3.8) is 0 Å². The lowest BCUT2D eigenvalue weighted by atomic mass is 9.88. The van der Waals surface area contributed by atoms with E-state index in [0.29, 0.717) is 5.82 Å². The van der Waals surface area contributed by atoms with Crippen LogP contribution in [0.25, 0.3) is 0 Å². The summed E-state index contributed by atoms with van der Waals surface area (Å²) in [6.07, 6.45) is 2.79. The van der Waals surface area contributed by atoms with Gasteiger partial charge in [0.25, 0.3) is 0 Å². The topological polar surface area (TPSA) is 59.1 Å². The minimum atomic E-state index is -3.24. The summed E-state index contributed by atoms with van der Waals surface area (Å²) in [4.78, 5) is 4.04. The summed E-state index contributed by atoms with van der Waals surface area (Å²) in [5.74, 6) is 0.352. The van der Waals surface area contributed by atoms with E-state index < -0.39 is 10.0 Å². The molecule has 4 nitrogen and oxygen atoms in total. The molecule has 1 aromatic rings. The molecule has 0 spiro atoms. The molecule has 0 bridgehead atoms. The average Bonchev–Trinajstić information content (AvgIpc) is 2.00. The highest BCUT2D eigenvalue weighted by atomic mass is 32.2. The van der Waals surface area contributed by atoms with E-state index in [9.17, 15) is 8.42 Å². The molecule has 1 aromatic heterocycles. The zero-order valence-electron chi connectivity index (χ0n) is 9.40. The second-order valence-electron chi connectivity index (χ2n) is 4.56. The first-order chi connectivity index (χ1) is 6.68. The van der Waals surface area contributed by atoms with Gasteiger partial charge in [-0.3, -0.25) is 4.72 Å². The van der Waals surface area contributed by atoms with Gasteiger partial charge in [-0.25, -0.2) is 13.4 Å². The molecule has 5 heteroatoms. The highest BCUT2D eigenvalue weighted by molar-refractivity contribution is 7.92. The highest BCUT2D eigenvalue weighted by Gasteiger charge is 2.13. The average molecular weight is 228 g/mol. The van der Waals surface area contributed by atoms with Crippen molar-refractivity contribution < 1.29 is 8.42 Å². The van der Waals surface area contributed by atoms with Gasteiger partial charge in [0.2, 0.25) is 10.0 Å². The number of aromatic nitrogens is 1. The summed E-state index contributed by atoms with van der Waals surface area (Å²) >= 11 is 0. The minimum absolute atomic E-state index is 0.0244. The number of nitrogens with zero attached hydrogens (tertiary/aromatic N) is 1. The van der Waals surface area contributed by atoms with Crippen molar-refractivity contribution in [3.05, 3.63) is 23.9 Å². The van der Waals surface area contributed by atoms with Crippen LogP contribution in [0.15, 0.2) is 18.3 Å². The molecule has 1 N–H and O–H groups in total. The van der Waals surface area contributed by atoms with Crippen LogP contribution in [0.3, 0.4) is 0 Å². The van der Waals surface area contributed by atoms with Gasteiger partial charge >= 0.3 is 0 Å². The third kappa shape index (κ3) is 3.87. The molecule has 0 aliphatic rings. The first kappa shape index (κ1) is 12.0. The van der Waals surface area contributed by atoms with Gasteiger partial charge in [0.15, 0.2) is 0 Å². The van der Waals surface area contributed by atoms with Crippen LogP contribution in [0.4, 0.5) is 5.82 Å². The number of rotatable bonds is 2. The zero-order chi connectivity index (χ0) is 11.7. The van der Waals surface area contributed by atoms with Crippen molar-refractivity contribution in [1.82, 2.24) is 4.98 Å². The second-order valence-corrected chi connectivity index (χ2v) is 6.30. The maximum absolute atomic E-state index is 10.9. The predicted octanol–water partition coefficient (Wildman–Crippen LogP) is 1.75. The van der Waals surface area contributed by atoms with Crippen molar-refractivity contribution >= 4 is 15.8 Å². The Balaban J connectivity index is 2.91. The molecule has 0 aromatic carbocycles. The standard InChI is InChI=1S/C10H16N2O2S/c1-10(2,3)8-5-6-9(11-7-8)12-15(4,13)14/h5-7H,1-4H3,(H,11,12). The summed E-state index contributed by atoms with van der Waals surface area (Å²) in [5.41, 5.74) is 1.10. The smallest absolute Gasteiger partial charge is 0.230 e. The molecule has 0 amide bonds. The van der Waals surface area contributed by atoms with Crippen LogP contribution < -0.4 is 4.72 Å². The van der Waals surface area contributed by atoms with Gasteiger partial charge < -0.3 is 0 Å². The number of nitrogens with one attached hydrogen (secondary N) is 1. The Morgan fingerprint density at radius 1 is 1.27 bits per heavy atom. The van der Waals surface area contributed by atoms with Crippen molar-refractivity contribution in [2.45, 2.75) is 26.2 Å². The van der Waals surface area contributed by atoms with Gasteiger partial charge in [0, 0.05) is 6.20 Å². The monoisotopic (exact) mass is 228 g/mol. The summed E-state index contributed by atoms with van der Waals surface area (Å²) < 4.78 is 24.2. The van der Waals surface area contributed by atoms with E-state index >= 15 is 0 Å². The van der Waals surface area contributed by atoms with Crippen molar-refractivity contribution in [1.29, 1.82) is 0 Å². The molecule has 84 valence electrons. The normalized spacial score (nSPS) is 12.5. The molecule has 0 unspecified atom stereocenters. The fourth-order valence-electron chi connectivity index (χ4n) is 1.09. The first-order valence-electron chi connectivity index (χ1n) is 4.63. The number of pyridine rings is 1. The molecule has 1 heterocycles. The molecule has 1 rings (SSSR count). The number of sulfonamides is 1. The Bertz CT molecular complexity index is 429. The summed E-state index contributed by atoms with van der Waals surface area (Å²) in [7, 11) is -3.24. The van der Waals surface area contributed by atoms with Crippen LogP contribution in [-0.4, -0.2) is 19.7 Å². The highest BCUT2D eigenvalue weighted by Crippen LogP contribution is 2.21. The Morgan fingerprint density at radius 3 is 2.20 bits per heavy atom. The molecular formula is C10H16N2O2S.